The van der Waals surface area contributed by atoms with Gasteiger partial charge in [-0.05, 0) is 18.1 Å². The highest BCUT2D eigenvalue weighted by molar-refractivity contribution is 5.78. The Bertz CT molecular complexity index is 560. The molecule has 2 aliphatic rings. The van der Waals surface area contributed by atoms with E-state index < -0.39 is 0 Å². The lowest BCUT2D eigenvalue weighted by atomic mass is 10.1. The van der Waals surface area contributed by atoms with Crippen LogP contribution in [0.5, 0.6) is 0 Å². The van der Waals surface area contributed by atoms with Crippen molar-refractivity contribution in [2.75, 3.05) is 52.5 Å². The monoisotopic (exact) mass is 346 g/mol. The third kappa shape index (κ3) is 5.51. The maximum atomic E-state index is 12.3. The molecule has 2 N–H and O–H groups in total. The lowest BCUT2D eigenvalue weighted by Crippen LogP contribution is -2.52. The molecule has 138 valence electrons. The number of nitrogens with one attached hydrogen (secondary N) is 2. The average molecular weight is 346 g/mol. The third-order valence-corrected chi connectivity index (χ3v) is 5.08. The number of hydrogen-bond donors (Lipinski definition) is 2. The van der Waals surface area contributed by atoms with Gasteiger partial charge < -0.3 is 15.4 Å². The number of amides is 1. The molecule has 6 heteroatoms. The molecule has 1 aromatic rings. The Morgan fingerprint density at radius 3 is 2.76 bits per heavy atom. The fourth-order valence-electron chi connectivity index (χ4n) is 3.44. The molecule has 0 aromatic heterocycles. The minimum atomic E-state index is 0.106. The zero-order valence-corrected chi connectivity index (χ0v) is 15.2. The van der Waals surface area contributed by atoms with Crippen LogP contribution < -0.4 is 10.6 Å². The van der Waals surface area contributed by atoms with E-state index >= 15 is 0 Å². The summed E-state index contributed by atoms with van der Waals surface area (Å²) in [6.07, 6.45) is 0. The van der Waals surface area contributed by atoms with Gasteiger partial charge in [0.1, 0.15) is 0 Å². The summed E-state index contributed by atoms with van der Waals surface area (Å²) < 4.78 is 5.42. The minimum absolute atomic E-state index is 0.106. The van der Waals surface area contributed by atoms with E-state index in [2.05, 4.69) is 45.6 Å². The first-order chi connectivity index (χ1) is 12.2. The lowest BCUT2D eigenvalue weighted by Gasteiger charge is -2.33. The van der Waals surface area contributed by atoms with E-state index in [1.54, 1.807) is 0 Å². The normalized spacial score (nSPS) is 22.7. The van der Waals surface area contributed by atoms with E-state index in [1.807, 2.05) is 6.07 Å². The van der Waals surface area contributed by atoms with Crippen molar-refractivity contribution in [3.05, 3.63) is 35.4 Å². The predicted molar refractivity (Wildman–Crippen MR) is 98.3 cm³/mol. The van der Waals surface area contributed by atoms with Gasteiger partial charge in [-0.1, -0.05) is 24.3 Å². The Hall–Kier alpha value is -1.47. The van der Waals surface area contributed by atoms with Crippen LogP contribution in [-0.4, -0.2) is 74.2 Å². The maximum absolute atomic E-state index is 12.3. The van der Waals surface area contributed by atoms with E-state index in [1.165, 1.54) is 11.1 Å². The fraction of sp³-hybridized carbons (Fsp3) is 0.632. The van der Waals surface area contributed by atoms with Crippen molar-refractivity contribution in [3.63, 3.8) is 0 Å². The van der Waals surface area contributed by atoms with Crippen molar-refractivity contribution in [1.29, 1.82) is 0 Å². The Kier molecular flexibility index (Phi) is 6.81. The quantitative estimate of drug-likeness (QED) is 0.782. The molecule has 3 rings (SSSR count). The van der Waals surface area contributed by atoms with Crippen molar-refractivity contribution >= 4 is 5.91 Å². The van der Waals surface area contributed by atoms with Crippen molar-refractivity contribution in [1.82, 2.24) is 20.4 Å². The van der Waals surface area contributed by atoms with Crippen LogP contribution in [0.2, 0.25) is 0 Å². The summed E-state index contributed by atoms with van der Waals surface area (Å²) in [5.41, 5.74) is 2.50. The van der Waals surface area contributed by atoms with Crippen molar-refractivity contribution < 1.29 is 9.53 Å². The summed E-state index contributed by atoms with van der Waals surface area (Å²) in [5, 5.41) is 6.46. The molecular weight excluding hydrogens is 316 g/mol. The van der Waals surface area contributed by atoms with Gasteiger partial charge in [-0.15, -0.1) is 0 Å². The van der Waals surface area contributed by atoms with Gasteiger partial charge in [-0.2, -0.15) is 0 Å². The van der Waals surface area contributed by atoms with Crippen molar-refractivity contribution in [2.24, 2.45) is 0 Å². The van der Waals surface area contributed by atoms with Gasteiger partial charge in [0.2, 0.25) is 5.91 Å². The number of morpholine rings is 1. The molecule has 2 saturated heterocycles. The highest BCUT2D eigenvalue weighted by Crippen LogP contribution is 2.13. The van der Waals surface area contributed by atoms with Gasteiger partial charge >= 0.3 is 0 Å². The maximum Gasteiger partial charge on any atom is 0.234 e. The molecule has 2 heterocycles. The highest BCUT2D eigenvalue weighted by atomic mass is 16.5. The third-order valence-electron chi connectivity index (χ3n) is 5.08. The summed E-state index contributed by atoms with van der Waals surface area (Å²) in [7, 11) is 0. The number of carbonyl (C=O) groups is 1. The molecule has 1 aromatic carbocycles. The van der Waals surface area contributed by atoms with E-state index in [-0.39, 0.29) is 5.91 Å². The summed E-state index contributed by atoms with van der Waals surface area (Å²) in [6.45, 7) is 10.6. The van der Waals surface area contributed by atoms with Gasteiger partial charge in [0.15, 0.2) is 0 Å². The van der Waals surface area contributed by atoms with Crippen LogP contribution in [0.15, 0.2) is 24.3 Å². The van der Waals surface area contributed by atoms with Gasteiger partial charge in [-0.3, -0.25) is 14.6 Å². The number of piperazine rings is 1. The molecular formula is C19H30N4O2. The van der Waals surface area contributed by atoms with Gasteiger partial charge in [0.25, 0.3) is 0 Å². The second-order valence-electron chi connectivity index (χ2n) is 6.96. The molecule has 6 nitrogen and oxygen atoms in total. The molecule has 0 saturated carbocycles. The van der Waals surface area contributed by atoms with Crippen molar-refractivity contribution in [2.45, 2.75) is 26.1 Å². The van der Waals surface area contributed by atoms with E-state index in [4.69, 9.17) is 4.74 Å². The molecule has 2 fully saturated rings. The van der Waals surface area contributed by atoms with Crippen LogP contribution in [0, 0.1) is 0 Å². The van der Waals surface area contributed by atoms with Crippen LogP contribution in [0.1, 0.15) is 18.1 Å². The Balaban J connectivity index is 1.51. The molecule has 0 spiro atoms. The first kappa shape index (κ1) is 18.3. The zero-order valence-electron chi connectivity index (χ0n) is 15.2. The molecule has 25 heavy (non-hydrogen) atoms. The SMILES string of the molecule is C[C@H]1CNCCN1CC(=O)NCc1ccccc1CN1CCOCC1. The first-order valence-electron chi connectivity index (χ1n) is 9.31. The number of rotatable bonds is 6. The summed E-state index contributed by atoms with van der Waals surface area (Å²) in [5.74, 6) is 0.106. The highest BCUT2D eigenvalue weighted by Gasteiger charge is 2.20. The largest absolute Gasteiger partial charge is 0.379 e. The predicted octanol–water partition coefficient (Wildman–Crippen LogP) is 0.429. The van der Waals surface area contributed by atoms with Crippen LogP contribution in [0.3, 0.4) is 0 Å². The molecule has 1 atom stereocenters. The van der Waals surface area contributed by atoms with Gasteiger partial charge in [0, 0.05) is 51.9 Å². The molecule has 2 aliphatic heterocycles. The second-order valence-corrected chi connectivity index (χ2v) is 6.96. The number of ether oxygens (including phenoxy) is 1. The van der Waals surface area contributed by atoms with Crippen LogP contribution >= 0.6 is 0 Å². The smallest absolute Gasteiger partial charge is 0.234 e. The zero-order chi connectivity index (χ0) is 17.5. The summed E-state index contributed by atoms with van der Waals surface area (Å²) in [6, 6.07) is 8.80. The number of hydrogen-bond acceptors (Lipinski definition) is 5. The first-order valence-corrected chi connectivity index (χ1v) is 9.31. The van der Waals surface area contributed by atoms with Gasteiger partial charge in [-0.25, -0.2) is 0 Å². The molecule has 0 aliphatic carbocycles. The van der Waals surface area contributed by atoms with E-state index in [9.17, 15) is 4.79 Å². The number of nitrogens with zero attached hydrogens (tertiary/aromatic N) is 2. The summed E-state index contributed by atoms with van der Waals surface area (Å²) >= 11 is 0. The van der Waals surface area contributed by atoms with E-state index in [0.717, 1.165) is 52.5 Å². The molecule has 0 radical (unpaired) electrons. The van der Waals surface area contributed by atoms with E-state index in [0.29, 0.717) is 19.1 Å². The number of carbonyl (C=O) groups excluding carboxylic acids is 1. The van der Waals surface area contributed by atoms with Crippen molar-refractivity contribution in [3.8, 4) is 0 Å². The number of benzene rings is 1. The molecule has 1 amide bonds. The Morgan fingerprint density at radius 1 is 1.24 bits per heavy atom. The Labute approximate surface area is 150 Å². The Morgan fingerprint density at radius 2 is 2.00 bits per heavy atom. The summed E-state index contributed by atoms with van der Waals surface area (Å²) in [4.78, 5) is 17.0. The van der Waals surface area contributed by atoms with Crippen LogP contribution in [0.25, 0.3) is 0 Å². The van der Waals surface area contributed by atoms with Crippen LogP contribution in [0.4, 0.5) is 0 Å². The lowest BCUT2D eigenvalue weighted by molar-refractivity contribution is -0.123. The second kappa shape index (κ2) is 9.29. The molecule has 0 unspecified atom stereocenters. The minimum Gasteiger partial charge on any atom is -0.379 e. The fourth-order valence-corrected chi connectivity index (χ4v) is 3.44. The standard InChI is InChI=1S/C19H30N4O2/c1-16-12-20-6-7-23(16)15-19(24)21-13-17-4-2-3-5-18(17)14-22-8-10-25-11-9-22/h2-5,16,20H,6-15H2,1H3,(H,21,24)/t16-/m0/s1. The topological polar surface area (TPSA) is 56.8 Å². The van der Waals surface area contributed by atoms with Gasteiger partial charge in [0.05, 0.1) is 19.8 Å². The molecule has 0 bridgehead atoms. The van der Waals surface area contributed by atoms with Crippen LogP contribution in [-0.2, 0) is 22.6 Å². The average Bonchev–Trinajstić information content (AvgIpc) is 2.64.